The molecule has 0 saturated carbocycles. The molecule has 1 fully saturated rings. The Kier molecular flexibility index (Phi) is 4.73. The zero-order valence-corrected chi connectivity index (χ0v) is 10.2. The standard InChI is InChI=1S/C11H20N2O3/c1-4-9-11(15)13(7-8(2)16-3)6-5-10(14)12-9/h8-9H,4-7H2,1-3H3,(H,12,14). The highest BCUT2D eigenvalue weighted by molar-refractivity contribution is 5.89. The summed E-state index contributed by atoms with van der Waals surface area (Å²) in [6.45, 7) is 4.83. The summed E-state index contributed by atoms with van der Waals surface area (Å²) in [5.74, 6) is -0.0509. The van der Waals surface area contributed by atoms with E-state index in [2.05, 4.69) is 5.32 Å². The van der Waals surface area contributed by atoms with Gasteiger partial charge >= 0.3 is 0 Å². The van der Waals surface area contributed by atoms with Crippen LogP contribution in [0.2, 0.25) is 0 Å². The maximum atomic E-state index is 12.0. The van der Waals surface area contributed by atoms with Gasteiger partial charge in [-0.05, 0) is 13.3 Å². The molecule has 1 rings (SSSR count). The van der Waals surface area contributed by atoms with Crippen LogP contribution in [0.15, 0.2) is 0 Å². The number of rotatable bonds is 4. The van der Waals surface area contributed by atoms with Crippen LogP contribution in [0.3, 0.4) is 0 Å². The molecule has 0 aromatic heterocycles. The summed E-state index contributed by atoms with van der Waals surface area (Å²) in [6, 6.07) is -0.376. The van der Waals surface area contributed by atoms with Crippen LogP contribution in [0.4, 0.5) is 0 Å². The van der Waals surface area contributed by atoms with E-state index in [9.17, 15) is 9.59 Å². The second-order valence-corrected chi connectivity index (χ2v) is 4.11. The Balaban J connectivity index is 2.68. The van der Waals surface area contributed by atoms with Crippen LogP contribution in [0.5, 0.6) is 0 Å². The minimum atomic E-state index is -0.376. The summed E-state index contributed by atoms with van der Waals surface area (Å²) < 4.78 is 5.14. The molecule has 0 aliphatic carbocycles. The van der Waals surface area contributed by atoms with Crippen LogP contribution in [0, 0.1) is 0 Å². The Morgan fingerprint density at radius 2 is 2.25 bits per heavy atom. The van der Waals surface area contributed by atoms with Gasteiger partial charge in [0.2, 0.25) is 11.8 Å². The minimum absolute atomic E-state index is 0.00255. The summed E-state index contributed by atoms with van der Waals surface area (Å²) in [6.07, 6.45) is 0.996. The number of nitrogens with zero attached hydrogens (tertiary/aromatic N) is 1. The Bertz CT molecular complexity index is 268. The van der Waals surface area contributed by atoms with E-state index in [0.29, 0.717) is 25.9 Å². The van der Waals surface area contributed by atoms with E-state index in [-0.39, 0.29) is 24.0 Å². The molecule has 1 saturated heterocycles. The van der Waals surface area contributed by atoms with Crippen LogP contribution in [0.1, 0.15) is 26.7 Å². The van der Waals surface area contributed by atoms with E-state index in [1.807, 2.05) is 13.8 Å². The van der Waals surface area contributed by atoms with Gasteiger partial charge in [0.25, 0.3) is 0 Å². The molecule has 92 valence electrons. The molecular weight excluding hydrogens is 208 g/mol. The lowest BCUT2D eigenvalue weighted by Crippen LogP contribution is -2.46. The van der Waals surface area contributed by atoms with Crippen molar-refractivity contribution in [1.82, 2.24) is 10.2 Å². The maximum Gasteiger partial charge on any atom is 0.245 e. The van der Waals surface area contributed by atoms with Gasteiger partial charge < -0.3 is 15.0 Å². The second kappa shape index (κ2) is 5.84. The first-order chi connectivity index (χ1) is 7.58. The number of hydrogen-bond acceptors (Lipinski definition) is 3. The van der Waals surface area contributed by atoms with Crippen LogP contribution in [-0.4, -0.2) is 49.1 Å². The highest BCUT2D eigenvalue weighted by Crippen LogP contribution is 2.07. The van der Waals surface area contributed by atoms with E-state index in [0.717, 1.165) is 0 Å². The molecule has 0 bridgehead atoms. The van der Waals surface area contributed by atoms with Crippen molar-refractivity contribution in [2.24, 2.45) is 0 Å². The van der Waals surface area contributed by atoms with Gasteiger partial charge in [-0.1, -0.05) is 6.92 Å². The van der Waals surface area contributed by atoms with Crippen molar-refractivity contribution < 1.29 is 14.3 Å². The molecule has 5 nitrogen and oxygen atoms in total. The summed E-state index contributed by atoms with van der Waals surface area (Å²) in [7, 11) is 1.62. The van der Waals surface area contributed by atoms with Gasteiger partial charge in [0.05, 0.1) is 6.10 Å². The predicted octanol–water partition coefficient (Wildman–Crippen LogP) is 0.148. The second-order valence-electron chi connectivity index (χ2n) is 4.11. The third-order valence-electron chi connectivity index (χ3n) is 2.84. The van der Waals surface area contributed by atoms with Crippen LogP contribution >= 0.6 is 0 Å². The topological polar surface area (TPSA) is 58.6 Å². The first-order valence-corrected chi connectivity index (χ1v) is 5.69. The van der Waals surface area contributed by atoms with E-state index in [1.54, 1.807) is 12.0 Å². The fraction of sp³-hybridized carbons (Fsp3) is 0.818. The molecular formula is C11H20N2O3. The van der Waals surface area contributed by atoms with Gasteiger partial charge in [0.15, 0.2) is 0 Å². The molecule has 1 N–H and O–H groups in total. The highest BCUT2D eigenvalue weighted by Gasteiger charge is 2.28. The molecule has 16 heavy (non-hydrogen) atoms. The number of carbonyl (C=O) groups excluding carboxylic acids is 2. The molecule has 0 aromatic carbocycles. The third kappa shape index (κ3) is 3.20. The molecule has 5 heteroatoms. The van der Waals surface area contributed by atoms with Crippen LogP contribution < -0.4 is 5.32 Å². The number of amides is 2. The van der Waals surface area contributed by atoms with Gasteiger partial charge in [-0.25, -0.2) is 0 Å². The van der Waals surface area contributed by atoms with Crippen molar-refractivity contribution in [2.45, 2.75) is 38.8 Å². The summed E-state index contributed by atoms with van der Waals surface area (Å²) in [5, 5.41) is 2.73. The van der Waals surface area contributed by atoms with Crippen molar-refractivity contribution in [2.75, 3.05) is 20.2 Å². The van der Waals surface area contributed by atoms with E-state index in [4.69, 9.17) is 4.74 Å². The third-order valence-corrected chi connectivity index (χ3v) is 2.84. The lowest BCUT2D eigenvalue weighted by Gasteiger charge is -2.25. The fourth-order valence-electron chi connectivity index (χ4n) is 1.74. The fourth-order valence-corrected chi connectivity index (χ4v) is 1.74. The normalized spacial score (nSPS) is 23.9. The van der Waals surface area contributed by atoms with Gasteiger partial charge in [0.1, 0.15) is 6.04 Å². The largest absolute Gasteiger partial charge is 0.380 e. The highest BCUT2D eigenvalue weighted by atomic mass is 16.5. The molecule has 0 radical (unpaired) electrons. The monoisotopic (exact) mass is 228 g/mol. The van der Waals surface area contributed by atoms with Crippen LogP contribution in [-0.2, 0) is 14.3 Å². The summed E-state index contributed by atoms with van der Waals surface area (Å²) in [5.41, 5.74) is 0. The van der Waals surface area contributed by atoms with E-state index >= 15 is 0 Å². The molecule has 1 heterocycles. The molecule has 2 amide bonds. The average molecular weight is 228 g/mol. The minimum Gasteiger partial charge on any atom is -0.380 e. The van der Waals surface area contributed by atoms with Gasteiger partial charge in [0, 0.05) is 26.6 Å². The van der Waals surface area contributed by atoms with Crippen molar-refractivity contribution in [3.05, 3.63) is 0 Å². The van der Waals surface area contributed by atoms with Crippen molar-refractivity contribution >= 4 is 11.8 Å². The average Bonchev–Trinajstić information content (AvgIpc) is 2.41. The number of nitrogens with one attached hydrogen (secondary N) is 1. The number of hydrogen-bond donors (Lipinski definition) is 1. The number of methoxy groups -OCH3 is 1. The summed E-state index contributed by atoms with van der Waals surface area (Å²) in [4.78, 5) is 25.1. The zero-order valence-electron chi connectivity index (χ0n) is 10.2. The van der Waals surface area contributed by atoms with Crippen molar-refractivity contribution in [1.29, 1.82) is 0 Å². The zero-order chi connectivity index (χ0) is 12.1. The molecule has 0 aromatic rings. The van der Waals surface area contributed by atoms with E-state index in [1.165, 1.54) is 0 Å². The first-order valence-electron chi connectivity index (χ1n) is 5.69. The Labute approximate surface area is 96.1 Å². The quantitative estimate of drug-likeness (QED) is 0.745. The van der Waals surface area contributed by atoms with E-state index < -0.39 is 0 Å². The smallest absolute Gasteiger partial charge is 0.245 e. The Morgan fingerprint density at radius 1 is 1.56 bits per heavy atom. The Hall–Kier alpha value is -1.10. The maximum absolute atomic E-state index is 12.0. The SMILES string of the molecule is CCC1NC(=O)CCN(CC(C)OC)C1=O. The van der Waals surface area contributed by atoms with Gasteiger partial charge in [-0.2, -0.15) is 0 Å². The first kappa shape index (κ1) is 13.0. The Morgan fingerprint density at radius 3 is 2.81 bits per heavy atom. The van der Waals surface area contributed by atoms with Crippen LogP contribution in [0.25, 0.3) is 0 Å². The van der Waals surface area contributed by atoms with Gasteiger partial charge in [-0.3, -0.25) is 9.59 Å². The van der Waals surface area contributed by atoms with Crippen molar-refractivity contribution in [3.8, 4) is 0 Å². The molecule has 1 aliphatic rings. The molecule has 2 atom stereocenters. The molecule has 2 unspecified atom stereocenters. The van der Waals surface area contributed by atoms with Gasteiger partial charge in [-0.15, -0.1) is 0 Å². The van der Waals surface area contributed by atoms with Crippen molar-refractivity contribution in [3.63, 3.8) is 0 Å². The predicted molar refractivity (Wildman–Crippen MR) is 59.9 cm³/mol. The molecule has 1 aliphatic heterocycles. The lowest BCUT2D eigenvalue weighted by molar-refractivity contribution is -0.134. The number of carbonyl (C=O) groups is 2. The molecule has 0 spiro atoms. The number of ether oxygens (including phenoxy) is 1. The lowest BCUT2D eigenvalue weighted by atomic mass is 10.2. The summed E-state index contributed by atoms with van der Waals surface area (Å²) >= 11 is 0.